The first-order valence-corrected chi connectivity index (χ1v) is 12.9. The van der Waals surface area contributed by atoms with Crippen molar-refractivity contribution in [1.29, 1.82) is 0 Å². The van der Waals surface area contributed by atoms with E-state index in [2.05, 4.69) is 5.32 Å². The Morgan fingerprint density at radius 1 is 0.821 bits per heavy atom. The third-order valence-corrected chi connectivity index (χ3v) is 7.55. The van der Waals surface area contributed by atoms with Crippen LogP contribution in [0, 0.1) is 5.92 Å². The second kappa shape index (κ2) is 10.3. The van der Waals surface area contributed by atoms with Crippen LogP contribution < -0.4 is 5.32 Å². The topological polar surface area (TPSA) is 111 Å². The number of rotatable bonds is 6. The molecule has 0 spiro atoms. The molecule has 0 bridgehead atoms. The van der Waals surface area contributed by atoms with E-state index in [0.29, 0.717) is 31.1 Å². The molecule has 9 nitrogen and oxygen atoms in total. The maximum absolute atomic E-state index is 13.3. The highest BCUT2D eigenvalue weighted by Gasteiger charge is 2.42. The molecule has 1 atom stereocenters. The van der Waals surface area contributed by atoms with Gasteiger partial charge in [0, 0.05) is 19.1 Å². The van der Waals surface area contributed by atoms with Crippen molar-refractivity contribution < 1.29 is 33.5 Å². The normalized spacial score (nSPS) is 17.3. The molecule has 1 saturated heterocycles. The lowest BCUT2D eigenvalue weighted by Gasteiger charge is -2.29. The van der Waals surface area contributed by atoms with Crippen LogP contribution in [0.1, 0.15) is 50.6 Å². The summed E-state index contributed by atoms with van der Waals surface area (Å²) in [6.07, 6.45) is 0.199. The Balaban J connectivity index is 1.16. The molecule has 3 aromatic rings. The first-order chi connectivity index (χ1) is 19.0. The van der Waals surface area contributed by atoms with Gasteiger partial charge in [0.25, 0.3) is 11.8 Å². The number of hydroxylamine groups is 2. The fourth-order valence-corrected chi connectivity index (χ4v) is 5.58. The third-order valence-electron chi connectivity index (χ3n) is 7.55. The van der Waals surface area contributed by atoms with E-state index in [0.717, 1.165) is 22.3 Å². The van der Waals surface area contributed by atoms with E-state index in [9.17, 15) is 19.2 Å². The zero-order chi connectivity index (χ0) is 26.9. The highest BCUT2D eigenvalue weighted by atomic mass is 16.7. The van der Waals surface area contributed by atoms with Crippen LogP contribution >= 0.6 is 0 Å². The Hall–Kier alpha value is -4.50. The summed E-state index contributed by atoms with van der Waals surface area (Å²) >= 11 is 0. The highest BCUT2D eigenvalue weighted by Crippen LogP contribution is 2.44. The zero-order valence-electron chi connectivity index (χ0n) is 21.0. The molecule has 6 rings (SSSR count). The fraction of sp³-hybridized carbons (Fsp3) is 0.267. The minimum absolute atomic E-state index is 0.0772. The highest BCUT2D eigenvalue weighted by molar-refractivity contribution is 6.21. The van der Waals surface area contributed by atoms with Crippen LogP contribution in [0.2, 0.25) is 0 Å². The molecule has 0 saturated carbocycles. The molecule has 1 unspecified atom stereocenters. The number of amides is 3. The predicted molar refractivity (Wildman–Crippen MR) is 139 cm³/mol. The maximum Gasteiger partial charge on any atom is 0.407 e. The van der Waals surface area contributed by atoms with E-state index in [-0.39, 0.29) is 29.6 Å². The monoisotopic (exact) mass is 526 g/mol. The van der Waals surface area contributed by atoms with Crippen LogP contribution in [0.5, 0.6) is 0 Å². The molecular formula is C30H26N2O7. The van der Waals surface area contributed by atoms with Crippen molar-refractivity contribution >= 4 is 23.9 Å². The van der Waals surface area contributed by atoms with E-state index in [1.165, 1.54) is 12.1 Å². The molecule has 3 aromatic carbocycles. The summed E-state index contributed by atoms with van der Waals surface area (Å²) in [4.78, 5) is 57.0. The SMILES string of the molecule is O=C(NC(C(=O)ON1C(=O)c2ccccc2C1=O)C1CCOCC1)OCC1c2ccccc2-c2ccccc21. The predicted octanol–water partition coefficient (Wildman–Crippen LogP) is 4.07. The number of nitrogens with one attached hydrogen (secondary N) is 1. The summed E-state index contributed by atoms with van der Waals surface area (Å²) in [7, 11) is 0. The first-order valence-electron chi connectivity index (χ1n) is 12.9. The summed E-state index contributed by atoms with van der Waals surface area (Å²) < 4.78 is 11.0. The number of carbonyl (C=O) groups excluding carboxylic acids is 4. The van der Waals surface area contributed by atoms with Crippen LogP contribution in [0.25, 0.3) is 11.1 Å². The lowest BCUT2D eigenvalue weighted by molar-refractivity contribution is -0.173. The number of carbonyl (C=O) groups is 4. The first kappa shape index (κ1) is 24.8. The number of benzene rings is 3. The van der Waals surface area contributed by atoms with Crippen LogP contribution in [0.4, 0.5) is 4.79 Å². The van der Waals surface area contributed by atoms with Crippen LogP contribution in [0.15, 0.2) is 72.8 Å². The van der Waals surface area contributed by atoms with Gasteiger partial charge in [-0.15, -0.1) is 0 Å². The molecule has 1 aliphatic carbocycles. The largest absolute Gasteiger partial charge is 0.449 e. The summed E-state index contributed by atoms with van der Waals surface area (Å²) in [5.74, 6) is -2.83. The van der Waals surface area contributed by atoms with Gasteiger partial charge in [-0.05, 0) is 53.1 Å². The van der Waals surface area contributed by atoms with Gasteiger partial charge in [-0.2, -0.15) is 0 Å². The van der Waals surface area contributed by atoms with Crippen molar-refractivity contribution in [1.82, 2.24) is 10.4 Å². The Bertz CT molecular complexity index is 1380. The van der Waals surface area contributed by atoms with Gasteiger partial charge in [-0.25, -0.2) is 9.59 Å². The van der Waals surface area contributed by atoms with Gasteiger partial charge in [-0.1, -0.05) is 65.7 Å². The molecule has 3 aliphatic rings. The van der Waals surface area contributed by atoms with Crippen LogP contribution in [0.3, 0.4) is 0 Å². The molecule has 2 aliphatic heterocycles. The Labute approximate surface area is 224 Å². The minimum Gasteiger partial charge on any atom is -0.449 e. The second-order valence-corrected chi connectivity index (χ2v) is 9.76. The molecular weight excluding hydrogens is 500 g/mol. The molecule has 9 heteroatoms. The second-order valence-electron chi connectivity index (χ2n) is 9.76. The number of hydrogen-bond donors (Lipinski definition) is 1. The Morgan fingerprint density at radius 2 is 1.33 bits per heavy atom. The maximum atomic E-state index is 13.3. The minimum atomic E-state index is -1.13. The zero-order valence-corrected chi connectivity index (χ0v) is 21.0. The lowest BCUT2D eigenvalue weighted by Crippen LogP contribution is -2.50. The smallest absolute Gasteiger partial charge is 0.407 e. The average molecular weight is 527 g/mol. The molecule has 0 radical (unpaired) electrons. The molecule has 1 N–H and O–H groups in total. The van der Waals surface area contributed by atoms with Gasteiger partial charge in [0.2, 0.25) is 0 Å². The third kappa shape index (κ3) is 4.55. The average Bonchev–Trinajstić information content (AvgIpc) is 3.42. The van der Waals surface area contributed by atoms with E-state index in [1.807, 2.05) is 48.5 Å². The van der Waals surface area contributed by atoms with E-state index in [1.54, 1.807) is 12.1 Å². The number of alkyl carbamates (subject to hydrolysis) is 1. The van der Waals surface area contributed by atoms with Gasteiger partial charge >= 0.3 is 12.1 Å². The molecule has 198 valence electrons. The molecule has 39 heavy (non-hydrogen) atoms. The number of hydrogen-bond acceptors (Lipinski definition) is 7. The van der Waals surface area contributed by atoms with E-state index in [4.69, 9.17) is 14.3 Å². The Kier molecular flexibility index (Phi) is 6.58. The van der Waals surface area contributed by atoms with Crippen molar-refractivity contribution in [2.24, 2.45) is 5.92 Å². The van der Waals surface area contributed by atoms with Crippen molar-refractivity contribution in [2.45, 2.75) is 24.8 Å². The Morgan fingerprint density at radius 3 is 1.90 bits per heavy atom. The molecule has 0 aromatic heterocycles. The molecule has 2 heterocycles. The quantitative estimate of drug-likeness (QED) is 0.482. The van der Waals surface area contributed by atoms with Gasteiger partial charge in [0.05, 0.1) is 11.1 Å². The van der Waals surface area contributed by atoms with Crippen LogP contribution in [-0.2, 0) is 19.1 Å². The molecule has 3 amide bonds. The van der Waals surface area contributed by atoms with Gasteiger partial charge < -0.3 is 19.6 Å². The summed E-state index contributed by atoms with van der Waals surface area (Å²) in [6.45, 7) is 0.898. The summed E-state index contributed by atoms with van der Waals surface area (Å²) in [6, 6.07) is 21.1. The van der Waals surface area contributed by atoms with Crippen LogP contribution in [-0.4, -0.2) is 54.8 Å². The van der Waals surface area contributed by atoms with Crippen molar-refractivity contribution in [2.75, 3.05) is 19.8 Å². The van der Waals surface area contributed by atoms with Gasteiger partial charge in [0.1, 0.15) is 12.6 Å². The van der Waals surface area contributed by atoms with Crippen molar-refractivity contribution in [3.05, 3.63) is 95.1 Å². The number of fused-ring (bicyclic) bond motifs is 4. The molecule has 1 fully saturated rings. The summed E-state index contributed by atoms with van der Waals surface area (Å²) in [5, 5.41) is 3.10. The van der Waals surface area contributed by atoms with Gasteiger partial charge in [0.15, 0.2) is 0 Å². The fourth-order valence-electron chi connectivity index (χ4n) is 5.58. The van der Waals surface area contributed by atoms with Gasteiger partial charge in [-0.3, -0.25) is 9.59 Å². The van der Waals surface area contributed by atoms with E-state index >= 15 is 0 Å². The standard InChI is InChI=1S/C30H26N2O7/c33-27-23-11-5-6-12-24(23)28(34)32(27)39-29(35)26(18-13-15-37-16-14-18)31-30(36)38-17-25-21-9-3-1-7-19(21)20-8-2-4-10-22(20)25/h1-12,18,25-26H,13-17H2,(H,31,36). The number of imide groups is 1. The lowest BCUT2D eigenvalue weighted by atomic mass is 9.92. The number of ether oxygens (including phenoxy) is 2. The summed E-state index contributed by atoms with van der Waals surface area (Å²) in [5.41, 5.74) is 4.65. The number of nitrogens with zero attached hydrogens (tertiary/aromatic N) is 1. The van der Waals surface area contributed by atoms with E-state index < -0.39 is 29.9 Å². The van der Waals surface area contributed by atoms with Crippen molar-refractivity contribution in [3.8, 4) is 11.1 Å². The van der Waals surface area contributed by atoms with Crippen molar-refractivity contribution in [3.63, 3.8) is 0 Å².